The van der Waals surface area contributed by atoms with E-state index >= 15 is 0 Å². The molecule has 1 unspecified atom stereocenters. The molecular weight excluding hydrogens is 276 g/mol. The zero-order chi connectivity index (χ0) is 13.7. The molecule has 1 atom stereocenters. The van der Waals surface area contributed by atoms with Gasteiger partial charge in [-0.3, -0.25) is 14.6 Å². The van der Waals surface area contributed by atoms with Crippen molar-refractivity contribution in [3.63, 3.8) is 0 Å². The molecule has 6 heteroatoms. The summed E-state index contributed by atoms with van der Waals surface area (Å²) in [6, 6.07) is 6.13. The van der Waals surface area contributed by atoms with Crippen LogP contribution < -0.4 is 0 Å². The SMILES string of the molecule is CCSCCC(C)n1c(-c2ccccn2)n[nH]c1=S. The lowest BCUT2D eigenvalue weighted by Gasteiger charge is -2.14. The van der Waals surface area contributed by atoms with Gasteiger partial charge in [0.05, 0.1) is 0 Å². The Kier molecular flexibility index (Phi) is 5.15. The van der Waals surface area contributed by atoms with Crippen molar-refractivity contribution in [1.29, 1.82) is 0 Å². The second-order valence-corrected chi connectivity index (χ2v) is 6.05. The summed E-state index contributed by atoms with van der Waals surface area (Å²) in [5.41, 5.74) is 0.852. The highest BCUT2D eigenvalue weighted by Gasteiger charge is 2.14. The first-order valence-electron chi connectivity index (χ1n) is 6.40. The largest absolute Gasteiger partial charge is 0.296 e. The van der Waals surface area contributed by atoms with Gasteiger partial charge in [-0.1, -0.05) is 13.0 Å². The van der Waals surface area contributed by atoms with E-state index in [4.69, 9.17) is 12.2 Å². The van der Waals surface area contributed by atoms with Gasteiger partial charge in [0.25, 0.3) is 0 Å². The van der Waals surface area contributed by atoms with Crippen molar-refractivity contribution >= 4 is 24.0 Å². The zero-order valence-electron chi connectivity index (χ0n) is 11.2. The van der Waals surface area contributed by atoms with Gasteiger partial charge in [-0.05, 0) is 49.2 Å². The maximum Gasteiger partial charge on any atom is 0.195 e. The summed E-state index contributed by atoms with van der Waals surface area (Å²) in [7, 11) is 0. The maximum absolute atomic E-state index is 5.34. The molecule has 1 N–H and O–H groups in total. The highest BCUT2D eigenvalue weighted by molar-refractivity contribution is 7.99. The topological polar surface area (TPSA) is 46.5 Å². The average molecular weight is 294 g/mol. The molecule has 0 radical (unpaired) electrons. The predicted molar refractivity (Wildman–Crippen MR) is 83.0 cm³/mol. The van der Waals surface area contributed by atoms with E-state index in [1.165, 1.54) is 0 Å². The Morgan fingerprint density at radius 3 is 3.00 bits per heavy atom. The van der Waals surface area contributed by atoms with E-state index in [0.717, 1.165) is 29.4 Å². The summed E-state index contributed by atoms with van der Waals surface area (Å²) < 4.78 is 2.73. The normalized spacial score (nSPS) is 12.5. The standard InChI is InChI=1S/C13H18N4S2/c1-3-19-9-7-10(2)17-12(15-16-13(17)18)11-6-4-5-8-14-11/h4-6,8,10H,3,7,9H2,1-2H3,(H,16,18). The lowest BCUT2D eigenvalue weighted by molar-refractivity contribution is 0.532. The zero-order valence-corrected chi connectivity index (χ0v) is 12.8. The Hall–Kier alpha value is -1.14. The molecule has 2 rings (SSSR count). The Morgan fingerprint density at radius 1 is 1.47 bits per heavy atom. The molecule has 0 bridgehead atoms. The summed E-state index contributed by atoms with van der Waals surface area (Å²) >= 11 is 7.29. The van der Waals surface area contributed by atoms with Crippen molar-refractivity contribution in [3.8, 4) is 11.5 Å². The van der Waals surface area contributed by atoms with Crippen molar-refractivity contribution in [2.75, 3.05) is 11.5 Å². The molecule has 0 saturated carbocycles. The minimum absolute atomic E-state index is 0.322. The van der Waals surface area contributed by atoms with Crippen molar-refractivity contribution in [2.45, 2.75) is 26.3 Å². The van der Waals surface area contributed by atoms with Crippen molar-refractivity contribution in [1.82, 2.24) is 19.7 Å². The van der Waals surface area contributed by atoms with Crippen LogP contribution in [0.4, 0.5) is 0 Å². The van der Waals surface area contributed by atoms with Crippen LogP contribution in [0.5, 0.6) is 0 Å². The predicted octanol–water partition coefficient (Wildman–Crippen LogP) is 3.71. The third-order valence-electron chi connectivity index (χ3n) is 2.92. The van der Waals surface area contributed by atoms with Crippen LogP contribution >= 0.6 is 24.0 Å². The molecule has 4 nitrogen and oxygen atoms in total. The highest BCUT2D eigenvalue weighted by Crippen LogP contribution is 2.22. The van der Waals surface area contributed by atoms with Crippen LogP contribution in [-0.4, -0.2) is 31.3 Å². The molecule has 0 aliphatic rings. The fourth-order valence-corrected chi connectivity index (χ4v) is 3.03. The first-order valence-corrected chi connectivity index (χ1v) is 7.96. The summed E-state index contributed by atoms with van der Waals surface area (Å²) in [6.45, 7) is 4.35. The van der Waals surface area contributed by atoms with Gasteiger partial charge in [-0.15, -0.1) is 0 Å². The first kappa shape index (κ1) is 14.3. The second-order valence-electron chi connectivity index (χ2n) is 4.27. The molecule has 102 valence electrons. The molecule has 0 amide bonds. The molecule has 2 aromatic heterocycles. The van der Waals surface area contributed by atoms with E-state index in [-0.39, 0.29) is 0 Å². The van der Waals surface area contributed by atoms with Crippen molar-refractivity contribution in [3.05, 3.63) is 29.2 Å². The first-order chi connectivity index (χ1) is 9.24. The van der Waals surface area contributed by atoms with Crippen LogP contribution in [0.3, 0.4) is 0 Å². The van der Waals surface area contributed by atoms with Gasteiger partial charge in [0.1, 0.15) is 5.69 Å². The van der Waals surface area contributed by atoms with E-state index in [2.05, 4.69) is 33.6 Å². The number of hydrogen-bond donors (Lipinski definition) is 1. The molecule has 0 saturated heterocycles. The van der Waals surface area contributed by atoms with E-state index in [1.54, 1.807) is 6.20 Å². The Morgan fingerprint density at radius 2 is 2.32 bits per heavy atom. The molecule has 0 spiro atoms. The van der Waals surface area contributed by atoms with Gasteiger partial charge >= 0.3 is 0 Å². The fourth-order valence-electron chi connectivity index (χ4n) is 1.92. The number of aromatic amines is 1. The highest BCUT2D eigenvalue weighted by atomic mass is 32.2. The summed E-state index contributed by atoms with van der Waals surface area (Å²) in [4.78, 5) is 4.35. The molecular formula is C13H18N4S2. The summed E-state index contributed by atoms with van der Waals surface area (Å²) in [5.74, 6) is 3.10. The Labute approximate surface area is 122 Å². The molecule has 0 aromatic carbocycles. The molecule has 0 aliphatic carbocycles. The fraction of sp³-hybridized carbons (Fsp3) is 0.462. The number of H-pyrrole nitrogens is 1. The van der Waals surface area contributed by atoms with Gasteiger partial charge in [0, 0.05) is 12.2 Å². The Bertz CT molecular complexity index is 562. The average Bonchev–Trinajstić information content (AvgIpc) is 2.82. The number of hydrogen-bond acceptors (Lipinski definition) is 4. The minimum Gasteiger partial charge on any atom is -0.296 e. The van der Waals surface area contributed by atoms with Crippen molar-refractivity contribution in [2.24, 2.45) is 0 Å². The van der Waals surface area contributed by atoms with Crippen LogP contribution in [-0.2, 0) is 0 Å². The van der Waals surface area contributed by atoms with Crippen molar-refractivity contribution < 1.29 is 0 Å². The van der Waals surface area contributed by atoms with Crippen LogP contribution in [0, 0.1) is 4.77 Å². The van der Waals surface area contributed by atoms with Crippen LogP contribution in [0.15, 0.2) is 24.4 Å². The van der Waals surface area contributed by atoms with Gasteiger partial charge in [-0.2, -0.15) is 16.9 Å². The lowest BCUT2D eigenvalue weighted by Crippen LogP contribution is -2.09. The molecule has 19 heavy (non-hydrogen) atoms. The molecule has 2 heterocycles. The van der Waals surface area contributed by atoms with Gasteiger partial charge < -0.3 is 0 Å². The van der Waals surface area contributed by atoms with Gasteiger partial charge in [-0.25, -0.2) is 0 Å². The molecule has 0 fully saturated rings. The number of nitrogens with one attached hydrogen (secondary N) is 1. The second kappa shape index (κ2) is 6.86. The third-order valence-corrected chi connectivity index (χ3v) is 4.14. The quantitative estimate of drug-likeness (QED) is 0.652. The van der Waals surface area contributed by atoms with E-state index in [1.807, 2.05) is 30.0 Å². The number of aromatic nitrogens is 4. The summed E-state index contributed by atoms with van der Waals surface area (Å²) in [6.07, 6.45) is 2.85. The number of pyridine rings is 1. The number of thioether (sulfide) groups is 1. The smallest absolute Gasteiger partial charge is 0.195 e. The lowest BCUT2D eigenvalue weighted by atomic mass is 10.2. The van der Waals surface area contributed by atoms with Crippen LogP contribution in [0.2, 0.25) is 0 Å². The number of nitrogens with zero attached hydrogens (tertiary/aromatic N) is 3. The van der Waals surface area contributed by atoms with Gasteiger partial charge in [0.2, 0.25) is 0 Å². The monoisotopic (exact) mass is 294 g/mol. The molecule has 2 aromatic rings. The third kappa shape index (κ3) is 3.45. The van der Waals surface area contributed by atoms with Crippen LogP contribution in [0.1, 0.15) is 26.3 Å². The molecule has 0 aliphatic heterocycles. The minimum atomic E-state index is 0.322. The van der Waals surface area contributed by atoms with E-state index in [0.29, 0.717) is 10.8 Å². The number of rotatable bonds is 6. The van der Waals surface area contributed by atoms with Crippen LogP contribution in [0.25, 0.3) is 11.5 Å². The summed E-state index contributed by atoms with van der Waals surface area (Å²) in [5, 5.41) is 7.19. The van der Waals surface area contributed by atoms with E-state index in [9.17, 15) is 0 Å². The van der Waals surface area contributed by atoms with E-state index < -0.39 is 0 Å². The maximum atomic E-state index is 5.34. The van der Waals surface area contributed by atoms with Gasteiger partial charge in [0.15, 0.2) is 10.6 Å². The Balaban J connectivity index is 2.25.